The molecule has 0 fully saturated rings. The van der Waals surface area contributed by atoms with E-state index in [2.05, 4.69) is 2.91 Å². The van der Waals surface area contributed by atoms with Crippen LogP contribution in [0.4, 0.5) is 13.2 Å². The standard InChI is InChI=1S/C8H11.C5H11.CHF3O3S.Pd/c1-2-4-6-8-7-5-3-1;1-3-5-4-2;2-1(3,4)8(5,6)7;/h1-2,7H,3-6H2;1,3-5H2,2H3;(H,5,6,7);/q;;;+1/p-1. The van der Waals surface area contributed by atoms with Gasteiger partial charge in [-0.05, 0) is 0 Å². The number of allylic oxidation sites excluding steroid dienone is 4. The second-order valence-electron chi connectivity index (χ2n) is 4.78. The number of rotatable bonds is 7. The van der Waals surface area contributed by atoms with Gasteiger partial charge < -0.3 is 0 Å². The van der Waals surface area contributed by atoms with Crippen molar-refractivity contribution in [3.63, 3.8) is 0 Å². The number of unbranched alkanes of at least 4 members (excludes halogenated alkanes) is 2. The molecule has 0 aliphatic heterocycles. The van der Waals surface area contributed by atoms with Crippen molar-refractivity contribution in [1.29, 1.82) is 0 Å². The minimum absolute atomic E-state index is 0.407. The predicted octanol–water partition coefficient (Wildman–Crippen LogP) is 5.01. The van der Waals surface area contributed by atoms with Crippen LogP contribution in [0.3, 0.4) is 0 Å². The summed E-state index contributed by atoms with van der Waals surface area (Å²) in [5.41, 5.74) is -5.35. The van der Waals surface area contributed by atoms with Crippen LogP contribution in [0.2, 0.25) is 4.89 Å². The zero-order valence-electron chi connectivity index (χ0n) is 12.5. The molecular weight excluding hydrogens is 412 g/mol. The Kier molecular flexibility index (Phi) is 8.33. The Bertz CT molecular complexity index is 498. The van der Waals surface area contributed by atoms with Crippen LogP contribution < -0.4 is 0 Å². The van der Waals surface area contributed by atoms with Crippen molar-refractivity contribution in [3.8, 4) is 0 Å². The molecule has 133 valence electrons. The topological polar surface area (TPSA) is 43.4 Å². The Morgan fingerprint density at radius 3 is 2.50 bits per heavy atom. The molecule has 0 bridgehead atoms. The summed E-state index contributed by atoms with van der Waals surface area (Å²) >= 11 is -2.35. The molecule has 0 spiro atoms. The van der Waals surface area contributed by atoms with E-state index in [1.54, 1.807) is 0 Å². The molecule has 0 aromatic heterocycles. The zero-order valence-corrected chi connectivity index (χ0v) is 14.8. The van der Waals surface area contributed by atoms with Crippen molar-refractivity contribution < 1.29 is 41.6 Å². The number of alkyl halides is 3. The van der Waals surface area contributed by atoms with Gasteiger partial charge in [-0.15, -0.1) is 0 Å². The number of hydrogen-bond acceptors (Lipinski definition) is 3. The Morgan fingerprint density at radius 2 is 1.86 bits per heavy atom. The van der Waals surface area contributed by atoms with Gasteiger partial charge in [0, 0.05) is 0 Å². The average Bonchev–Trinajstić information content (AvgIpc) is 2.36. The molecule has 0 heterocycles. The first-order valence-corrected chi connectivity index (χ1v) is 11.1. The predicted molar refractivity (Wildman–Crippen MR) is 76.1 cm³/mol. The summed E-state index contributed by atoms with van der Waals surface area (Å²) in [6, 6.07) is 0. The molecule has 0 aromatic carbocycles. The van der Waals surface area contributed by atoms with Crippen LogP contribution in [-0.4, -0.2) is 13.9 Å². The van der Waals surface area contributed by atoms with E-state index in [0.29, 0.717) is 30.6 Å². The summed E-state index contributed by atoms with van der Waals surface area (Å²) in [4.78, 5) is 0.407. The summed E-state index contributed by atoms with van der Waals surface area (Å²) in [5, 5.41) is 0. The SMILES string of the molecule is CCCC[CH2][Pd]([O]S(=O)(=O)C(F)(F)F)[C]1=CCCC=CCC1. The summed E-state index contributed by atoms with van der Waals surface area (Å²) in [6.07, 6.45) is 11.2. The van der Waals surface area contributed by atoms with Crippen LogP contribution in [0.15, 0.2) is 22.3 Å². The molecule has 3 nitrogen and oxygen atoms in total. The fourth-order valence-electron chi connectivity index (χ4n) is 1.74. The van der Waals surface area contributed by atoms with Crippen molar-refractivity contribution in [2.45, 2.75) is 62.3 Å². The van der Waals surface area contributed by atoms with E-state index in [4.69, 9.17) is 0 Å². The quantitative estimate of drug-likeness (QED) is 0.245. The van der Waals surface area contributed by atoms with Gasteiger partial charge in [-0.1, -0.05) is 0 Å². The van der Waals surface area contributed by atoms with Crippen LogP contribution in [0.25, 0.3) is 0 Å². The molecule has 8 heteroatoms. The first-order valence-electron chi connectivity index (χ1n) is 7.19. The average molecular weight is 434 g/mol. The third-order valence-electron chi connectivity index (χ3n) is 2.89. The zero-order chi connectivity index (χ0) is 16.6. The molecule has 1 aliphatic rings. The van der Waals surface area contributed by atoms with E-state index in [1.807, 2.05) is 25.2 Å². The molecule has 1 rings (SSSR count). The van der Waals surface area contributed by atoms with Crippen LogP contribution in [-0.2, 0) is 30.2 Å². The van der Waals surface area contributed by atoms with E-state index in [-0.39, 0.29) is 0 Å². The van der Waals surface area contributed by atoms with E-state index in [9.17, 15) is 21.6 Å². The molecule has 0 atom stereocenters. The summed E-state index contributed by atoms with van der Waals surface area (Å²) in [5.74, 6) is 0. The van der Waals surface area contributed by atoms with Gasteiger partial charge >= 0.3 is 136 Å². The van der Waals surface area contributed by atoms with Crippen LogP contribution in [0.1, 0.15) is 51.9 Å². The van der Waals surface area contributed by atoms with Crippen LogP contribution in [0, 0.1) is 0 Å². The second kappa shape index (κ2) is 9.21. The molecule has 0 unspecified atom stereocenters. The van der Waals surface area contributed by atoms with E-state index in [0.717, 1.165) is 23.3 Å². The van der Waals surface area contributed by atoms with Crippen molar-refractivity contribution >= 4 is 10.1 Å². The fraction of sp³-hybridized carbons (Fsp3) is 0.714. The molecular formula is C14H22F3O3PdS. The Balaban J connectivity index is 2.87. The van der Waals surface area contributed by atoms with E-state index in [1.165, 1.54) is 0 Å². The molecule has 1 aliphatic carbocycles. The van der Waals surface area contributed by atoms with Crippen molar-refractivity contribution in [1.82, 2.24) is 0 Å². The molecule has 0 aromatic rings. The van der Waals surface area contributed by atoms with Crippen LogP contribution >= 0.6 is 0 Å². The van der Waals surface area contributed by atoms with Gasteiger partial charge in [0.05, 0.1) is 0 Å². The number of halogens is 3. The third-order valence-corrected chi connectivity index (χ3v) is 8.76. The normalized spacial score (nSPS) is 17.6. The number of hydrogen-bond donors (Lipinski definition) is 0. The fourth-order valence-corrected chi connectivity index (χ4v) is 7.28. The van der Waals surface area contributed by atoms with E-state index >= 15 is 0 Å². The van der Waals surface area contributed by atoms with Crippen LogP contribution in [0.5, 0.6) is 0 Å². The first-order chi connectivity index (χ1) is 10.3. The molecule has 0 saturated heterocycles. The molecule has 0 radical (unpaired) electrons. The van der Waals surface area contributed by atoms with Crippen molar-refractivity contribution in [2.24, 2.45) is 0 Å². The second-order valence-corrected chi connectivity index (χ2v) is 10.1. The maximum absolute atomic E-state index is 12.6. The Labute approximate surface area is 136 Å². The van der Waals surface area contributed by atoms with Gasteiger partial charge in [0.1, 0.15) is 0 Å². The van der Waals surface area contributed by atoms with Gasteiger partial charge in [0.25, 0.3) is 0 Å². The molecule has 0 amide bonds. The van der Waals surface area contributed by atoms with Gasteiger partial charge in [-0.25, -0.2) is 0 Å². The van der Waals surface area contributed by atoms with Gasteiger partial charge in [0.2, 0.25) is 0 Å². The maximum atomic E-state index is 12.6. The van der Waals surface area contributed by atoms with Gasteiger partial charge in [0.15, 0.2) is 0 Å². The van der Waals surface area contributed by atoms with Gasteiger partial charge in [-0.3, -0.25) is 0 Å². The monoisotopic (exact) mass is 433 g/mol. The minimum atomic E-state index is -5.51. The Morgan fingerprint density at radius 1 is 1.18 bits per heavy atom. The third kappa shape index (κ3) is 6.53. The molecule has 0 saturated carbocycles. The molecule has 0 N–H and O–H groups in total. The van der Waals surface area contributed by atoms with Crippen molar-refractivity contribution in [3.05, 3.63) is 22.3 Å². The summed E-state index contributed by atoms with van der Waals surface area (Å²) < 4.78 is 65.8. The Hall–Kier alpha value is -0.158. The summed E-state index contributed by atoms with van der Waals surface area (Å²) in [6.45, 7) is 1.99. The van der Waals surface area contributed by atoms with E-state index < -0.39 is 32.8 Å². The summed E-state index contributed by atoms with van der Waals surface area (Å²) in [7, 11) is -5.51. The van der Waals surface area contributed by atoms with Crippen molar-refractivity contribution in [2.75, 3.05) is 0 Å². The van der Waals surface area contributed by atoms with Gasteiger partial charge in [-0.2, -0.15) is 0 Å². The first kappa shape index (κ1) is 19.9. The molecule has 22 heavy (non-hydrogen) atoms.